The molecule has 1 aromatic carbocycles. The van der Waals surface area contributed by atoms with Crippen LogP contribution < -0.4 is 10.1 Å². The molecule has 1 aliphatic rings. The molecule has 70 valence electrons. The van der Waals surface area contributed by atoms with Gasteiger partial charge in [-0.3, -0.25) is 0 Å². The molecule has 0 aromatic heterocycles. The van der Waals surface area contributed by atoms with Crippen LogP contribution in [0, 0.1) is 0 Å². The Morgan fingerprint density at radius 3 is 2.92 bits per heavy atom. The first-order valence-corrected chi connectivity index (χ1v) is 3.98. The molecule has 13 heavy (non-hydrogen) atoms. The van der Waals surface area contributed by atoms with Gasteiger partial charge in [0.15, 0.2) is 0 Å². The number of ether oxygens (including phenoxy) is 1. The van der Waals surface area contributed by atoms with E-state index in [4.69, 9.17) is 0 Å². The third-order valence-corrected chi connectivity index (χ3v) is 2.00. The normalized spacial score (nSPS) is 17.8. The van der Waals surface area contributed by atoms with E-state index in [-0.39, 0.29) is 12.2 Å². The summed E-state index contributed by atoms with van der Waals surface area (Å²) in [7, 11) is 1.75. The summed E-state index contributed by atoms with van der Waals surface area (Å²) in [5, 5.41) is 2.88. The number of rotatable bonds is 1. The van der Waals surface area contributed by atoms with Crippen LogP contribution >= 0.6 is 0 Å². The van der Waals surface area contributed by atoms with Gasteiger partial charge in [-0.1, -0.05) is 0 Å². The molecule has 0 radical (unpaired) electrons. The molecule has 0 unspecified atom stereocenters. The number of anilines is 1. The van der Waals surface area contributed by atoms with Gasteiger partial charge < -0.3 is 10.1 Å². The summed E-state index contributed by atoms with van der Waals surface area (Å²) in [6.07, 6.45) is -3.37. The lowest BCUT2D eigenvalue weighted by atomic mass is 10.1. The number of benzene rings is 1. The first-order chi connectivity index (χ1) is 6.11. The Hall–Kier alpha value is -1.32. The summed E-state index contributed by atoms with van der Waals surface area (Å²) < 4.78 is 29.9. The zero-order valence-electron chi connectivity index (χ0n) is 7.10. The summed E-state index contributed by atoms with van der Waals surface area (Å²) in [6, 6.07) is 4.94. The van der Waals surface area contributed by atoms with Gasteiger partial charge in [-0.05, 0) is 18.2 Å². The number of alkyl halides is 2. The van der Waals surface area contributed by atoms with Crippen LogP contribution in [0.25, 0.3) is 0 Å². The predicted molar refractivity (Wildman–Crippen MR) is 45.3 cm³/mol. The monoisotopic (exact) mass is 185 g/mol. The van der Waals surface area contributed by atoms with Gasteiger partial charge in [-0.2, -0.15) is 8.78 Å². The van der Waals surface area contributed by atoms with Gasteiger partial charge in [0, 0.05) is 18.3 Å². The Labute approximate surface area is 74.5 Å². The Balaban J connectivity index is 2.36. The fourth-order valence-electron chi connectivity index (χ4n) is 1.39. The largest absolute Gasteiger partial charge is 0.432 e. The van der Waals surface area contributed by atoms with Gasteiger partial charge in [-0.25, -0.2) is 0 Å². The number of nitrogens with one attached hydrogen (secondary N) is 1. The molecule has 0 bridgehead atoms. The van der Waals surface area contributed by atoms with Crippen LogP contribution in [0.5, 0.6) is 5.75 Å². The van der Waals surface area contributed by atoms with Gasteiger partial charge in [0.05, 0.1) is 6.42 Å². The minimum absolute atomic E-state index is 0.281. The zero-order valence-corrected chi connectivity index (χ0v) is 7.10. The van der Waals surface area contributed by atoms with Crippen molar-refractivity contribution in [2.45, 2.75) is 12.5 Å². The minimum atomic E-state index is -3.03. The second kappa shape index (κ2) is 2.58. The summed E-state index contributed by atoms with van der Waals surface area (Å²) in [4.78, 5) is 0. The molecule has 0 saturated heterocycles. The quantitative estimate of drug-likeness (QED) is 0.724. The van der Waals surface area contributed by atoms with E-state index in [0.717, 1.165) is 5.69 Å². The van der Waals surface area contributed by atoms with Crippen molar-refractivity contribution in [2.24, 2.45) is 0 Å². The van der Waals surface area contributed by atoms with E-state index in [1.807, 2.05) is 0 Å². The first-order valence-electron chi connectivity index (χ1n) is 3.98. The summed E-state index contributed by atoms with van der Waals surface area (Å²) in [5.74, 6) is 0.281. The molecule has 0 aliphatic carbocycles. The molecule has 2 nitrogen and oxygen atoms in total. The number of halogens is 2. The van der Waals surface area contributed by atoms with E-state index in [9.17, 15) is 8.78 Å². The van der Waals surface area contributed by atoms with Crippen LogP contribution in [-0.2, 0) is 6.42 Å². The second-order valence-corrected chi connectivity index (χ2v) is 2.99. The standard InChI is InChI=1S/C9H9F2NO/c1-12-7-2-3-8-6(4-7)5-9(10,11)13-8/h2-4,12H,5H2,1H3. The predicted octanol–water partition coefficient (Wildman–Crippen LogP) is 2.26. The Kier molecular flexibility index (Phi) is 1.65. The van der Waals surface area contributed by atoms with Crippen molar-refractivity contribution in [1.29, 1.82) is 0 Å². The van der Waals surface area contributed by atoms with Crippen LogP contribution in [0.2, 0.25) is 0 Å². The van der Waals surface area contributed by atoms with Crippen LogP contribution in [0.1, 0.15) is 5.56 Å². The zero-order chi connectivity index (χ0) is 9.47. The second-order valence-electron chi connectivity index (χ2n) is 2.99. The van der Waals surface area contributed by atoms with Crippen LogP contribution in [0.4, 0.5) is 14.5 Å². The molecule has 0 saturated carbocycles. The molecule has 4 heteroatoms. The van der Waals surface area contributed by atoms with E-state index in [1.165, 1.54) is 0 Å². The highest BCUT2D eigenvalue weighted by Crippen LogP contribution is 2.38. The third-order valence-electron chi connectivity index (χ3n) is 2.00. The summed E-state index contributed by atoms with van der Waals surface area (Å²) in [5.41, 5.74) is 1.37. The van der Waals surface area contributed by atoms with Crippen molar-refractivity contribution in [1.82, 2.24) is 0 Å². The lowest BCUT2D eigenvalue weighted by Crippen LogP contribution is -2.20. The molecule has 0 fully saturated rings. The number of fused-ring (bicyclic) bond motifs is 1. The van der Waals surface area contributed by atoms with Crippen molar-refractivity contribution in [3.63, 3.8) is 0 Å². The fourth-order valence-corrected chi connectivity index (χ4v) is 1.39. The van der Waals surface area contributed by atoms with Gasteiger partial charge in [-0.15, -0.1) is 0 Å². The SMILES string of the molecule is CNc1ccc2c(c1)CC(F)(F)O2. The highest BCUT2D eigenvalue weighted by Gasteiger charge is 2.39. The average molecular weight is 185 g/mol. The molecule has 0 atom stereocenters. The smallest absolute Gasteiger partial charge is 0.402 e. The lowest BCUT2D eigenvalue weighted by molar-refractivity contribution is -0.159. The van der Waals surface area contributed by atoms with Crippen molar-refractivity contribution < 1.29 is 13.5 Å². The van der Waals surface area contributed by atoms with Crippen LogP contribution in [0.3, 0.4) is 0 Å². The summed E-state index contributed by atoms with van der Waals surface area (Å²) in [6.45, 7) is 0. The van der Waals surface area contributed by atoms with E-state index >= 15 is 0 Å². The van der Waals surface area contributed by atoms with Crippen LogP contribution in [-0.4, -0.2) is 13.2 Å². The highest BCUT2D eigenvalue weighted by atomic mass is 19.3. The lowest BCUT2D eigenvalue weighted by Gasteiger charge is -2.06. The molecule has 1 N–H and O–H groups in total. The van der Waals surface area contributed by atoms with Gasteiger partial charge in [0.2, 0.25) is 0 Å². The van der Waals surface area contributed by atoms with E-state index in [2.05, 4.69) is 10.1 Å². The molecule has 0 spiro atoms. The Morgan fingerprint density at radius 2 is 2.23 bits per heavy atom. The first kappa shape index (κ1) is 8.29. The molecule has 2 rings (SSSR count). The minimum Gasteiger partial charge on any atom is -0.432 e. The fraction of sp³-hybridized carbons (Fsp3) is 0.333. The molecular weight excluding hydrogens is 176 g/mol. The molecule has 1 aromatic rings. The third kappa shape index (κ3) is 1.43. The van der Waals surface area contributed by atoms with E-state index in [1.54, 1.807) is 25.2 Å². The molecule has 1 aliphatic heterocycles. The Morgan fingerprint density at radius 1 is 1.46 bits per heavy atom. The van der Waals surface area contributed by atoms with Crippen molar-refractivity contribution in [2.75, 3.05) is 12.4 Å². The summed E-state index contributed by atoms with van der Waals surface area (Å²) >= 11 is 0. The maximum Gasteiger partial charge on any atom is 0.402 e. The average Bonchev–Trinajstić information content (AvgIpc) is 2.36. The van der Waals surface area contributed by atoms with E-state index < -0.39 is 6.11 Å². The van der Waals surface area contributed by atoms with E-state index in [0.29, 0.717) is 5.56 Å². The maximum atomic E-state index is 12.7. The molecule has 1 heterocycles. The maximum absolute atomic E-state index is 12.7. The number of hydrogen-bond donors (Lipinski definition) is 1. The van der Waals surface area contributed by atoms with Crippen LogP contribution in [0.15, 0.2) is 18.2 Å². The topological polar surface area (TPSA) is 21.3 Å². The highest BCUT2D eigenvalue weighted by molar-refractivity contribution is 5.52. The van der Waals surface area contributed by atoms with Gasteiger partial charge >= 0.3 is 6.11 Å². The van der Waals surface area contributed by atoms with Crippen molar-refractivity contribution in [3.05, 3.63) is 23.8 Å². The molecule has 0 amide bonds. The Bertz CT molecular complexity index is 338. The van der Waals surface area contributed by atoms with Gasteiger partial charge in [0.1, 0.15) is 5.75 Å². The van der Waals surface area contributed by atoms with Crippen molar-refractivity contribution >= 4 is 5.69 Å². The molecular formula is C9H9F2NO. The van der Waals surface area contributed by atoms with Crippen molar-refractivity contribution in [3.8, 4) is 5.75 Å². The van der Waals surface area contributed by atoms with Gasteiger partial charge in [0.25, 0.3) is 0 Å². The number of hydrogen-bond acceptors (Lipinski definition) is 2.